The molecule has 3 aliphatic rings. The van der Waals surface area contributed by atoms with Gasteiger partial charge in [-0.15, -0.1) is 0 Å². The molecule has 5 nitrogen and oxygen atoms in total. The maximum Gasteiger partial charge on any atom is 0.229 e. The first-order valence-electron chi connectivity index (χ1n) is 9.45. The third-order valence-electron chi connectivity index (χ3n) is 6.73. The van der Waals surface area contributed by atoms with E-state index in [2.05, 4.69) is 33.6 Å². The van der Waals surface area contributed by atoms with Gasteiger partial charge in [0.15, 0.2) is 5.82 Å². The number of amides is 1. The lowest BCUT2D eigenvalue weighted by atomic mass is 9.87. The van der Waals surface area contributed by atoms with Crippen LogP contribution in [0.15, 0.2) is 12.4 Å². The highest BCUT2D eigenvalue weighted by atomic mass is 19.1. The molecular formula is C19H27FN4O. The maximum absolute atomic E-state index is 13.2. The molecule has 2 atom stereocenters. The predicted octanol–water partition coefficient (Wildman–Crippen LogP) is 3.01. The summed E-state index contributed by atoms with van der Waals surface area (Å²) >= 11 is 0. The van der Waals surface area contributed by atoms with Crippen molar-refractivity contribution in [1.82, 2.24) is 14.9 Å². The minimum Gasteiger partial charge on any atom is -0.341 e. The van der Waals surface area contributed by atoms with E-state index in [1.807, 2.05) is 7.05 Å². The Morgan fingerprint density at radius 2 is 1.80 bits per heavy atom. The largest absolute Gasteiger partial charge is 0.341 e. The van der Waals surface area contributed by atoms with Crippen LogP contribution in [0.3, 0.4) is 0 Å². The van der Waals surface area contributed by atoms with Crippen molar-refractivity contribution < 1.29 is 9.18 Å². The van der Waals surface area contributed by atoms with Gasteiger partial charge in [-0.05, 0) is 44.4 Å². The molecule has 1 aliphatic carbocycles. The van der Waals surface area contributed by atoms with E-state index in [4.69, 9.17) is 0 Å². The van der Waals surface area contributed by atoms with Gasteiger partial charge < -0.3 is 9.80 Å². The van der Waals surface area contributed by atoms with Crippen LogP contribution in [0.1, 0.15) is 52.4 Å². The van der Waals surface area contributed by atoms with E-state index in [1.165, 1.54) is 12.4 Å². The Balaban J connectivity index is 1.48. The summed E-state index contributed by atoms with van der Waals surface area (Å²) in [5.41, 5.74) is -0.0837. The quantitative estimate of drug-likeness (QED) is 0.841. The predicted molar refractivity (Wildman–Crippen MR) is 93.6 cm³/mol. The van der Waals surface area contributed by atoms with Gasteiger partial charge in [-0.25, -0.2) is 14.4 Å². The highest BCUT2D eigenvalue weighted by molar-refractivity contribution is 5.86. The molecule has 6 heteroatoms. The Morgan fingerprint density at radius 1 is 1.24 bits per heavy atom. The molecule has 1 aromatic rings. The molecule has 2 aliphatic heterocycles. The van der Waals surface area contributed by atoms with Crippen LogP contribution in [-0.2, 0) is 4.79 Å². The summed E-state index contributed by atoms with van der Waals surface area (Å²) < 4.78 is 13.1. The number of anilines is 1. The minimum atomic E-state index is -0.416. The first kappa shape index (κ1) is 16.7. The third-order valence-corrected chi connectivity index (χ3v) is 6.73. The van der Waals surface area contributed by atoms with Crippen LogP contribution >= 0.6 is 0 Å². The zero-order chi connectivity index (χ0) is 17.8. The molecule has 2 bridgehead atoms. The molecule has 0 radical (unpaired) electrons. The van der Waals surface area contributed by atoms with Gasteiger partial charge in [-0.2, -0.15) is 0 Å². The first-order chi connectivity index (χ1) is 11.9. The highest BCUT2D eigenvalue weighted by Crippen LogP contribution is 2.55. The van der Waals surface area contributed by atoms with E-state index < -0.39 is 5.82 Å². The summed E-state index contributed by atoms with van der Waals surface area (Å²) in [6, 6.07) is 0.965. The summed E-state index contributed by atoms with van der Waals surface area (Å²) in [4.78, 5) is 25.7. The van der Waals surface area contributed by atoms with Crippen LogP contribution < -0.4 is 4.90 Å². The summed E-state index contributed by atoms with van der Waals surface area (Å²) in [6.07, 6.45) is 8.62. The summed E-state index contributed by atoms with van der Waals surface area (Å²) in [5, 5.41) is 0. The molecule has 4 rings (SSSR count). The van der Waals surface area contributed by atoms with E-state index in [-0.39, 0.29) is 5.41 Å². The number of halogens is 1. The lowest BCUT2D eigenvalue weighted by molar-refractivity contribution is -0.143. The van der Waals surface area contributed by atoms with Crippen molar-refractivity contribution in [3.63, 3.8) is 0 Å². The smallest absolute Gasteiger partial charge is 0.229 e. The molecule has 3 fully saturated rings. The van der Waals surface area contributed by atoms with Gasteiger partial charge in [-0.3, -0.25) is 4.79 Å². The Kier molecular flexibility index (Phi) is 3.96. The molecule has 1 aromatic heterocycles. The fraction of sp³-hybridized carbons (Fsp3) is 0.737. The van der Waals surface area contributed by atoms with Gasteiger partial charge in [0.05, 0.1) is 17.8 Å². The molecule has 2 unspecified atom stereocenters. The summed E-state index contributed by atoms with van der Waals surface area (Å²) in [5.74, 6) is 0.967. The Morgan fingerprint density at radius 3 is 2.28 bits per heavy atom. The fourth-order valence-corrected chi connectivity index (χ4v) is 4.88. The lowest BCUT2D eigenvalue weighted by Gasteiger charge is -2.44. The van der Waals surface area contributed by atoms with Crippen molar-refractivity contribution in [1.29, 1.82) is 0 Å². The van der Waals surface area contributed by atoms with Crippen molar-refractivity contribution in [3.05, 3.63) is 18.2 Å². The van der Waals surface area contributed by atoms with Crippen LogP contribution in [0.5, 0.6) is 0 Å². The number of nitrogens with zero attached hydrogens (tertiary/aromatic N) is 4. The van der Waals surface area contributed by atoms with E-state index >= 15 is 0 Å². The van der Waals surface area contributed by atoms with Gasteiger partial charge >= 0.3 is 0 Å². The molecule has 2 saturated heterocycles. The normalized spacial score (nSPS) is 29.8. The number of piperidine rings is 1. The van der Waals surface area contributed by atoms with E-state index in [1.54, 1.807) is 0 Å². The van der Waals surface area contributed by atoms with E-state index in [0.29, 0.717) is 35.9 Å². The van der Waals surface area contributed by atoms with Gasteiger partial charge in [0.1, 0.15) is 0 Å². The Hall–Kier alpha value is -1.72. The van der Waals surface area contributed by atoms with Gasteiger partial charge in [0.25, 0.3) is 0 Å². The molecule has 0 N–H and O–H groups in total. The summed E-state index contributed by atoms with van der Waals surface area (Å²) in [7, 11) is 1.98. The number of carbonyl (C=O) groups excluding carboxylic acids is 1. The van der Waals surface area contributed by atoms with Crippen molar-refractivity contribution >= 4 is 11.9 Å². The molecule has 136 valence electrons. The maximum atomic E-state index is 13.2. The van der Waals surface area contributed by atoms with Crippen molar-refractivity contribution in [2.75, 3.05) is 11.9 Å². The van der Waals surface area contributed by atoms with Gasteiger partial charge in [-0.1, -0.05) is 13.8 Å². The number of hydrogen-bond donors (Lipinski definition) is 0. The second-order valence-electron chi connectivity index (χ2n) is 8.35. The van der Waals surface area contributed by atoms with Crippen molar-refractivity contribution in [3.8, 4) is 0 Å². The van der Waals surface area contributed by atoms with Crippen LogP contribution in [-0.4, -0.2) is 45.9 Å². The molecule has 25 heavy (non-hydrogen) atoms. The van der Waals surface area contributed by atoms with Crippen LogP contribution in [0.25, 0.3) is 0 Å². The van der Waals surface area contributed by atoms with Crippen LogP contribution in [0, 0.1) is 17.2 Å². The minimum absolute atomic E-state index is 0.0837. The monoisotopic (exact) mass is 346 g/mol. The standard InChI is InChI=1S/C19H27FN4O/c1-12(2)19(6-7-19)17(25)24-14-4-5-15(24)9-16(8-14)23(3)18-21-10-13(20)11-22-18/h10-12,14-16H,4-9H2,1-3H3. The molecule has 0 spiro atoms. The molecule has 3 heterocycles. The molecule has 0 aromatic carbocycles. The number of hydrogen-bond acceptors (Lipinski definition) is 4. The lowest BCUT2D eigenvalue weighted by Crippen LogP contribution is -2.54. The summed E-state index contributed by atoms with van der Waals surface area (Å²) in [6.45, 7) is 4.36. The zero-order valence-corrected chi connectivity index (χ0v) is 15.3. The number of fused-ring (bicyclic) bond motifs is 2. The number of carbonyl (C=O) groups is 1. The van der Waals surface area contributed by atoms with Gasteiger partial charge in [0.2, 0.25) is 11.9 Å². The average Bonchev–Trinajstić information content (AvgIpc) is 3.36. The highest BCUT2D eigenvalue weighted by Gasteiger charge is 2.57. The molecule has 1 amide bonds. The van der Waals surface area contributed by atoms with E-state index in [9.17, 15) is 9.18 Å². The number of rotatable bonds is 4. The zero-order valence-electron chi connectivity index (χ0n) is 15.3. The molecular weight excluding hydrogens is 319 g/mol. The topological polar surface area (TPSA) is 49.3 Å². The van der Waals surface area contributed by atoms with Crippen molar-refractivity contribution in [2.45, 2.75) is 70.5 Å². The molecule has 1 saturated carbocycles. The van der Waals surface area contributed by atoms with Crippen LogP contribution in [0.4, 0.5) is 10.3 Å². The first-order valence-corrected chi connectivity index (χ1v) is 9.45. The van der Waals surface area contributed by atoms with Crippen LogP contribution in [0.2, 0.25) is 0 Å². The fourth-order valence-electron chi connectivity index (χ4n) is 4.88. The third kappa shape index (κ3) is 2.70. The number of aromatic nitrogens is 2. The average molecular weight is 346 g/mol. The van der Waals surface area contributed by atoms with Gasteiger partial charge in [0, 0.05) is 25.2 Å². The Labute approximate surface area is 148 Å². The second-order valence-corrected chi connectivity index (χ2v) is 8.35. The SMILES string of the molecule is CC(C)C1(C(=O)N2C3CCC2CC(N(C)c2ncc(F)cn2)C3)CC1. The van der Waals surface area contributed by atoms with Crippen molar-refractivity contribution in [2.24, 2.45) is 11.3 Å². The second kappa shape index (κ2) is 5.92. The van der Waals surface area contributed by atoms with E-state index in [0.717, 1.165) is 38.5 Å². The Bertz CT molecular complexity index is 644.